The summed E-state index contributed by atoms with van der Waals surface area (Å²) in [6.45, 7) is 1.89. The van der Waals surface area contributed by atoms with Crippen LogP contribution in [0, 0.1) is 12.7 Å². The Bertz CT molecular complexity index is 745. The van der Waals surface area contributed by atoms with Gasteiger partial charge in [-0.3, -0.25) is 0 Å². The fraction of sp³-hybridized carbons (Fsp3) is 0.294. The smallest absolute Gasteiger partial charge is 0.240 e. The molecule has 0 aliphatic carbocycles. The Hall–Kier alpha value is -1.80. The van der Waals surface area contributed by atoms with Gasteiger partial charge in [-0.2, -0.15) is 0 Å². The molecule has 0 aliphatic rings. The quantitative estimate of drug-likeness (QED) is 0.763. The number of aryl methyl sites for hydroxylation is 1. The molecule has 24 heavy (non-hydrogen) atoms. The fourth-order valence-corrected chi connectivity index (χ4v) is 3.16. The van der Waals surface area contributed by atoms with Crippen molar-refractivity contribution in [1.82, 2.24) is 4.72 Å². The molecule has 0 saturated carbocycles. The molecule has 2 N–H and O–H groups in total. The summed E-state index contributed by atoms with van der Waals surface area (Å²) >= 11 is 0. The maximum absolute atomic E-state index is 12.9. The Morgan fingerprint density at radius 1 is 1.12 bits per heavy atom. The average molecular weight is 353 g/mol. The molecule has 0 amide bonds. The van der Waals surface area contributed by atoms with Crippen molar-refractivity contribution in [2.45, 2.75) is 17.9 Å². The van der Waals surface area contributed by atoms with Gasteiger partial charge >= 0.3 is 0 Å². The number of halogens is 1. The normalized spacial score (nSPS) is 13.0. The van der Waals surface area contributed by atoms with Crippen LogP contribution in [-0.4, -0.2) is 33.3 Å². The van der Waals surface area contributed by atoms with E-state index < -0.39 is 21.9 Å². The summed E-state index contributed by atoms with van der Waals surface area (Å²) in [6.07, 6.45) is -0.534. The summed E-state index contributed by atoms with van der Waals surface area (Å²) in [5.41, 5.74) is 1.88. The number of hydrogen-bond donors (Lipinski definition) is 2. The van der Waals surface area contributed by atoms with Crippen LogP contribution in [0.3, 0.4) is 0 Å². The molecule has 0 aromatic heterocycles. The third kappa shape index (κ3) is 5.10. The summed E-state index contributed by atoms with van der Waals surface area (Å²) in [5.74, 6) is -0.502. The molecule has 1 atom stereocenters. The van der Waals surface area contributed by atoms with Crippen LogP contribution >= 0.6 is 0 Å². The molecular formula is C17H20FNO4S. The summed E-state index contributed by atoms with van der Waals surface area (Å²) in [5, 5.41) is 8.94. The monoisotopic (exact) mass is 353 g/mol. The number of nitrogens with one attached hydrogen (secondary N) is 1. The Balaban J connectivity index is 2.11. The Morgan fingerprint density at radius 3 is 2.33 bits per heavy atom. The second-order valence-electron chi connectivity index (χ2n) is 5.30. The number of ether oxygens (including phenoxy) is 1. The van der Waals surface area contributed by atoms with Crippen molar-refractivity contribution in [3.63, 3.8) is 0 Å². The minimum Gasteiger partial charge on any atom is -0.394 e. The van der Waals surface area contributed by atoms with Crippen LogP contribution < -0.4 is 4.72 Å². The number of rotatable bonds is 8. The summed E-state index contributed by atoms with van der Waals surface area (Å²) in [6, 6.07) is 12.1. The van der Waals surface area contributed by atoms with Crippen molar-refractivity contribution >= 4 is 10.0 Å². The molecule has 2 rings (SSSR count). The van der Waals surface area contributed by atoms with Crippen LogP contribution in [0.2, 0.25) is 0 Å². The van der Waals surface area contributed by atoms with Crippen molar-refractivity contribution in [2.24, 2.45) is 0 Å². The van der Waals surface area contributed by atoms with E-state index >= 15 is 0 Å². The van der Waals surface area contributed by atoms with Crippen molar-refractivity contribution in [1.29, 1.82) is 0 Å². The van der Waals surface area contributed by atoms with Crippen LogP contribution in [-0.2, 0) is 14.8 Å². The zero-order chi connectivity index (χ0) is 17.6. The zero-order valence-corrected chi connectivity index (χ0v) is 14.1. The first kappa shape index (κ1) is 18.5. The first-order valence-electron chi connectivity index (χ1n) is 7.46. The summed E-state index contributed by atoms with van der Waals surface area (Å²) < 4.78 is 45.5. The summed E-state index contributed by atoms with van der Waals surface area (Å²) in [4.78, 5) is -0.0197. The zero-order valence-electron chi connectivity index (χ0n) is 13.3. The van der Waals surface area contributed by atoms with Crippen molar-refractivity contribution in [3.8, 4) is 0 Å². The lowest BCUT2D eigenvalue weighted by Crippen LogP contribution is -2.30. The van der Waals surface area contributed by atoms with E-state index in [1.54, 1.807) is 0 Å². The molecule has 0 saturated heterocycles. The molecule has 1 unspecified atom stereocenters. The molecule has 0 bridgehead atoms. The van der Waals surface area contributed by atoms with Gasteiger partial charge in [0.2, 0.25) is 10.0 Å². The minimum absolute atomic E-state index is 0.00275. The molecule has 0 fully saturated rings. The van der Waals surface area contributed by atoms with E-state index in [1.165, 1.54) is 12.1 Å². The lowest BCUT2D eigenvalue weighted by molar-refractivity contribution is 0.0309. The highest BCUT2D eigenvalue weighted by molar-refractivity contribution is 7.89. The number of benzene rings is 2. The topological polar surface area (TPSA) is 75.6 Å². The lowest BCUT2D eigenvalue weighted by Gasteiger charge is -2.19. The maximum atomic E-state index is 12.9. The van der Waals surface area contributed by atoms with Gasteiger partial charge in [0, 0.05) is 6.54 Å². The van der Waals surface area contributed by atoms with Gasteiger partial charge in [0.05, 0.1) is 24.2 Å². The van der Waals surface area contributed by atoms with Gasteiger partial charge < -0.3 is 9.84 Å². The van der Waals surface area contributed by atoms with E-state index in [4.69, 9.17) is 9.84 Å². The predicted octanol–water partition coefficient (Wildman–Crippen LogP) is 2.16. The van der Waals surface area contributed by atoms with E-state index in [1.807, 2.05) is 31.2 Å². The van der Waals surface area contributed by atoms with Crippen molar-refractivity contribution in [2.75, 3.05) is 19.8 Å². The van der Waals surface area contributed by atoms with Crippen molar-refractivity contribution < 1.29 is 22.7 Å². The number of hydrogen-bond acceptors (Lipinski definition) is 4. The minimum atomic E-state index is -3.77. The Labute approximate surface area is 141 Å². The first-order chi connectivity index (χ1) is 11.4. The SMILES string of the molecule is Cc1ccc(C(CNS(=O)(=O)c2ccc(F)cc2)OCCO)cc1. The van der Waals surface area contributed by atoms with Gasteiger partial charge in [0.15, 0.2) is 0 Å². The molecule has 7 heteroatoms. The van der Waals surface area contributed by atoms with E-state index in [9.17, 15) is 12.8 Å². The molecule has 0 heterocycles. The molecule has 0 radical (unpaired) electrons. The third-order valence-electron chi connectivity index (χ3n) is 3.44. The van der Waals surface area contributed by atoms with E-state index in [-0.39, 0.29) is 24.7 Å². The first-order valence-corrected chi connectivity index (χ1v) is 8.95. The maximum Gasteiger partial charge on any atom is 0.240 e. The van der Waals surface area contributed by atoms with Gasteiger partial charge in [-0.1, -0.05) is 29.8 Å². The molecule has 2 aromatic carbocycles. The second-order valence-corrected chi connectivity index (χ2v) is 7.07. The Kier molecular flexibility index (Phi) is 6.44. The van der Waals surface area contributed by atoms with Crippen LogP contribution in [0.15, 0.2) is 53.4 Å². The fourth-order valence-electron chi connectivity index (χ4n) is 2.13. The largest absolute Gasteiger partial charge is 0.394 e. The number of aliphatic hydroxyl groups is 1. The molecule has 2 aromatic rings. The molecule has 130 valence electrons. The third-order valence-corrected chi connectivity index (χ3v) is 4.88. The number of sulfonamides is 1. The van der Waals surface area contributed by atoms with Gasteiger partial charge in [-0.25, -0.2) is 17.5 Å². The van der Waals surface area contributed by atoms with Crippen LogP contribution in [0.1, 0.15) is 17.2 Å². The van der Waals surface area contributed by atoms with Gasteiger partial charge in [0.1, 0.15) is 5.82 Å². The summed E-state index contributed by atoms with van der Waals surface area (Å²) in [7, 11) is -3.77. The predicted molar refractivity (Wildman–Crippen MR) is 88.5 cm³/mol. The second kappa shape index (κ2) is 8.34. The Morgan fingerprint density at radius 2 is 1.75 bits per heavy atom. The molecule has 0 aliphatic heterocycles. The van der Waals surface area contributed by atoms with E-state index in [0.29, 0.717) is 0 Å². The van der Waals surface area contributed by atoms with Crippen LogP contribution in [0.25, 0.3) is 0 Å². The highest BCUT2D eigenvalue weighted by atomic mass is 32.2. The van der Waals surface area contributed by atoms with Crippen LogP contribution in [0.4, 0.5) is 4.39 Å². The van der Waals surface area contributed by atoms with E-state index in [2.05, 4.69) is 4.72 Å². The average Bonchev–Trinajstić information content (AvgIpc) is 2.56. The highest BCUT2D eigenvalue weighted by Gasteiger charge is 2.18. The number of aliphatic hydroxyl groups excluding tert-OH is 1. The standard InChI is InChI=1S/C17H20FNO4S/c1-13-2-4-14(5-3-13)17(23-11-10-20)12-19-24(21,22)16-8-6-15(18)7-9-16/h2-9,17,19-20H,10-12H2,1H3. The molecular weight excluding hydrogens is 333 g/mol. The van der Waals surface area contributed by atoms with Crippen LogP contribution in [0.5, 0.6) is 0 Å². The highest BCUT2D eigenvalue weighted by Crippen LogP contribution is 2.18. The lowest BCUT2D eigenvalue weighted by atomic mass is 10.1. The van der Waals surface area contributed by atoms with Crippen molar-refractivity contribution in [3.05, 3.63) is 65.5 Å². The molecule has 0 spiro atoms. The molecule has 5 nitrogen and oxygen atoms in total. The van der Waals surface area contributed by atoms with Gasteiger partial charge in [-0.15, -0.1) is 0 Å². The van der Waals surface area contributed by atoms with Gasteiger partial charge in [-0.05, 0) is 36.8 Å². The van der Waals surface area contributed by atoms with Gasteiger partial charge in [0.25, 0.3) is 0 Å². The van der Waals surface area contributed by atoms with E-state index in [0.717, 1.165) is 23.3 Å².